The van der Waals surface area contributed by atoms with Crippen molar-refractivity contribution in [1.29, 1.82) is 0 Å². The Morgan fingerprint density at radius 3 is 2.58 bits per heavy atom. The molecule has 1 aromatic rings. The van der Waals surface area contributed by atoms with Crippen molar-refractivity contribution in [3.05, 3.63) is 6.07 Å². The number of aromatic nitrogens is 2. The molecular formula is C14H26N4O. The van der Waals surface area contributed by atoms with Gasteiger partial charge in [-0.2, -0.15) is 9.97 Å². The summed E-state index contributed by atoms with van der Waals surface area (Å²) in [6, 6.07) is 1.79. The maximum atomic E-state index is 5.63. The molecule has 0 fully saturated rings. The summed E-state index contributed by atoms with van der Waals surface area (Å²) in [5.41, 5.74) is 5.63. The van der Waals surface area contributed by atoms with E-state index < -0.39 is 0 Å². The van der Waals surface area contributed by atoms with E-state index in [1.54, 1.807) is 6.07 Å². The fourth-order valence-corrected chi connectivity index (χ4v) is 1.85. The Morgan fingerprint density at radius 2 is 1.84 bits per heavy atom. The largest absolute Gasteiger partial charge is 0.477 e. The molecule has 0 amide bonds. The molecule has 0 aliphatic carbocycles. The van der Waals surface area contributed by atoms with E-state index in [9.17, 15) is 0 Å². The minimum atomic E-state index is 0.247. The van der Waals surface area contributed by atoms with Gasteiger partial charge in [0.25, 0.3) is 0 Å². The van der Waals surface area contributed by atoms with E-state index in [-0.39, 0.29) is 5.95 Å². The van der Waals surface area contributed by atoms with Crippen LogP contribution in [0.3, 0.4) is 0 Å². The molecule has 0 unspecified atom stereocenters. The number of nitrogens with one attached hydrogen (secondary N) is 1. The molecule has 0 radical (unpaired) electrons. The lowest BCUT2D eigenvalue weighted by Gasteiger charge is -2.08. The maximum absolute atomic E-state index is 5.63. The van der Waals surface area contributed by atoms with E-state index in [1.165, 1.54) is 32.1 Å². The fourth-order valence-electron chi connectivity index (χ4n) is 1.85. The lowest BCUT2D eigenvalue weighted by Crippen LogP contribution is -2.06. The van der Waals surface area contributed by atoms with Crippen molar-refractivity contribution in [3.8, 4) is 5.88 Å². The Kier molecular flexibility index (Phi) is 7.70. The van der Waals surface area contributed by atoms with Crippen molar-refractivity contribution in [2.24, 2.45) is 0 Å². The molecule has 5 nitrogen and oxygen atoms in total. The molecule has 0 bridgehead atoms. The fraction of sp³-hybridized carbons (Fsp3) is 0.714. The topological polar surface area (TPSA) is 73.1 Å². The van der Waals surface area contributed by atoms with Crippen molar-refractivity contribution >= 4 is 11.8 Å². The molecular weight excluding hydrogens is 240 g/mol. The average molecular weight is 266 g/mol. The number of anilines is 2. The van der Waals surface area contributed by atoms with Crippen LogP contribution >= 0.6 is 0 Å². The van der Waals surface area contributed by atoms with Crippen LogP contribution in [0.5, 0.6) is 5.88 Å². The summed E-state index contributed by atoms with van der Waals surface area (Å²) in [5.74, 6) is 1.52. The normalized spacial score (nSPS) is 10.4. The number of ether oxygens (including phenoxy) is 1. The zero-order valence-electron chi connectivity index (χ0n) is 12.1. The van der Waals surface area contributed by atoms with Gasteiger partial charge in [-0.1, -0.05) is 39.0 Å². The monoisotopic (exact) mass is 266 g/mol. The summed E-state index contributed by atoms with van der Waals surface area (Å²) in [6.07, 6.45) is 7.48. The predicted octanol–water partition coefficient (Wildman–Crippen LogP) is 3.23. The average Bonchev–Trinajstić information content (AvgIpc) is 2.37. The molecule has 0 aromatic carbocycles. The second-order valence-electron chi connectivity index (χ2n) is 4.60. The highest BCUT2D eigenvalue weighted by molar-refractivity contribution is 5.42. The summed E-state index contributed by atoms with van der Waals surface area (Å²) >= 11 is 0. The van der Waals surface area contributed by atoms with E-state index >= 15 is 0 Å². The van der Waals surface area contributed by atoms with Crippen LogP contribution in [0.1, 0.15) is 52.4 Å². The van der Waals surface area contributed by atoms with Gasteiger partial charge in [0.15, 0.2) is 0 Å². The summed E-state index contributed by atoms with van der Waals surface area (Å²) in [4.78, 5) is 8.15. The molecule has 108 valence electrons. The minimum Gasteiger partial charge on any atom is -0.477 e. The van der Waals surface area contributed by atoms with Gasteiger partial charge in [-0.25, -0.2) is 0 Å². The van der Waals surface area contributed by atoms with Crippen LogP contribution in [0, 0.1) is 0 Å². The maximum Gasteiger partial charge on any atom is 0.225 e. The van der Waals surface area contributed by atoms with Crippen molar-refractivity contribution in [1.82, 2.24) is 9.97 Å². The van der Waals surface area contributed by atoms with Gasteiger partial charge in [0.2, 0.25) is 11.8 Å². The number of hydrogen-bond acceptors (Lipinski definition) is 5. The van der Waals surface area contributed by atoms with Crippen molar-refractivity contribution in [3.63, 3.8) is 0 Å². The number of hydrogen-bond donors (Lipinski definition) is 2. The minimum absolute atomic E-state index is 0.247. The zero-order chi connectivity index (χ0) is 13.9. The summed E-state index contributed by atoms with van der Waals surface area (Å²) < 4.78 is 5.61. The lowest BCUT2D eigenvalue weighted by molar-refractivity contribution is 0.293. The molecule has 1 rings (SSSR count). The van der Waals surface area contributed by atoms with Crippen molar-refractivity contribution < 1.29 is 4.74 Å². The van der Waals surface area contributed by atoms with Crippen LogP contribution < -0.4 is 15.8 Å². The van der Waals surface area contributed by atoms with Gasteiger partial charge in [0.05, 0.1) is 6.61 Å². The highest BCUT2D eigenvalue weighted by Gasteiger charge is 2.02. The van der Waals surface area contributed by atoms with Crippen LogP contribution in [-0.2, 0) is 0 Å². The third-order valence-corrected chi connectivity index (χ3v) is 2.83. The highest BCUT2D eigenvalue weighted by atomic mass is 16.5. The van der Waals surface area contributed by atoms with Crippen LogP contribution in [0.4, 0.5) is 11.8 Å². The first-order chi connectivity index (χ1) is 9.26. The number of rotatable bonds is 10. The number of nitrogen functional groups attached to an aromatic ring is 1. The Balaban J connectivity index is 2.25. The molecule has 0 atom stereocenters. The first-order valence-electron chi connectivity index (χ1n) is 7.27. The van der Waals surface area contributed by atoms with Crippen LogP contribution in [-0.4, -0.2) is 23.1 Å². The smallest absolute Gasteiger partial charge is 0.225 e. The summed E-state index contributed by atoms with van der Waals surface area (Å²) in [6.45, 7) is 5.72. The van der Waals surface area contributed by atoms with Gasteiger partial charge in [0, 0.05) is 12.6 Å². The summed E-state index contributed by atoms with van der Waals surface area (Å²) in [5, 5.41) is 3.10. The van der Waals surface area contributed by atoms with E-state index in [0.717, 1.165) is 13.0 Å². The van der Waals surface area contributed by atoms with Crippen molar-refractivity contribution in [2.75, 3.05) is 24.2 Å². The van der Waals surface area contributed by atoms with Gasteiger partial charge in [-0.3, -0.25) is 0 Å². The van der Waals surface area contributed by atoms with E-state index in [0.29, 0.717) is 18.3 Å². The molecule has 0 aliphatic heterocycles. The number of nitrogens with zero attached hydrogens (tertiary/aromatic N) is 2. The predicted molar refractivity (Wildman–Crippen MR) is 79.5 cm³/mol. The van der Waals surface area contributed by atoms with E-state index in [1.807, 2.05) is 6.92 Å². The Hall–Kier alpha value is -1.52. The zero-order valence-corrected chi connectivity index (χ0v) is 12.1. The molecule has 19 heavy (non-hydrogen) atoms. The molecule has 1 heterocycles. The van der Waals surface area contributed by atoms with Crippen LogP contribution in [0.2, 0.25) is 0 Å². The number of nitrogens with two attached hydrogens (primary N) is 1. The molecule has 1 aromatic heterocycles. The second-order valence-corrected chi connectivity index (χ2v) is 4.60. The Morgan fingerprint density at radius 1 is 1.11 bits per heavy atom. The molecule has 0 spiro atoms. The number of unbranched alkanes of at least 4 members (excludes halogenated alkanes) is 5. The second kappa shape index (κ2) is 9.42. The quantitative estimate of drug-likeness (QED) is 0.636. The van der Waals surface area contributed by atoms with Gasteiger partial charge in [-0.05, 0) is 13.3 Å². The van der Waals surface area contributed by atoms with Crippen molar-refractivity contribution in [2.45, 2.75) is 52.4 Å². The van der Waals surface area contributed by atoms with Gasteiger partial charge < -0.3 is 15.8 Å². The summed E-state index contributed by atoms with van der Waals surface area (Å²) in [7, 11) is 0. The standard InChI is InChI=1S/C14H26N4O/c1-3-5-6-7-8-9-10-19-13-11-12(16-4-2)17-14(15)18-13/h11H,3-10H2,1-2H3,(H3,15,16,17,18). The van der Waals surface area contributed by atoms with Gasteiger partial charge in [0.1, 0.15) is 5.82 Å². The molecule has 5 heteroatoms. The molecule has 0 saturated heterocycles. The van der Waals surface area contributed by atoms with Crippen LogP contribution in [0.25, 0.3) is 0 Å². The van der Waals surface area contributed by atoms with Crippen LogP contribution in [0.15, 0.2) is 6.07 Å². The van der Waals surface area contributed by atoms with E-state index in [2.05, 4.69) is 22.2 Å². The molecule has 0 saturated carbocycles. The first-order valence-corrected chi connectivity index (χ1v) is 7.27. The van der Waals surface area contributed by atoms with E-state index in [4.69, 9.17) is 10.5 Å². The highest BCUT2D eigenvalue weighted by Crippen LogP contribution is 2.15. The first kappa shape index (κ1) is 15.5. The third kappa shape index (κ3) is 6.84. The van der Waals surface area contributed by atoms with Gasteiger partial charge in [-0.15, -0.1) is 0 Å². The third-order valence-electron chi connectivity index (χ3n) is 2.83. The Labute approximate surface area is 116 Å². The Bertz CT molecular complexity index is 357. The molecule has 3 N–H and O–H groups in total. The van der Waals surface area contributed by atoms with Gasteiger partial charge >= 0.3 is 0 Å². The SMILES string of the molecule is CCCCCCCCOc1cc(NCC)nc(N)n1. The lowest BCUT2D eigenvalue weighted by atomic mass is 10.1. The molecule has 0 aliphatic rings.